The number of hydrogen-bond acceptors (Lipinski definition) is 9. The summed E-state index contributed by atoms with van der Waals surface area (Å²) < 4.78 is 34.9. The molecule has 16 heteroatoms. The Kier molecular flexibility index (Phi) is 20.9. The molecule has 2 aliphatic rings. The van der Waals surface area contributed by atoms with Gasteiger partial charge in [0.25, 0.3) is 0 Å². The van der Waals surface area contributed by atoms with E-state index in [1.165, 1.54) is 7.11 Å². The van der Waals surface area contributed by atoms with Crippen molar-refractivity contribution >= 4 is 67.2 Å². The summed E-state index contributed by atoms with van der Waals surface area (Å²) in [4.78, 5) is 17.2. The van der Waals surface area contributed by atoms with Crippen LogP contribution < -0.4 is 0 Å². The molecule has 2 fully saturated rings. The number of azide groups is 2. The molecule has 0 spiro atoms. The molecular weight excluding hydrogens is 841 g/mol. The van der Waals surface area contributed by atoms with Gasteiger partial charge in [-0.25, -0.2) is 0 Å². The average Bonchev–Trinajstić information content (AvgIpc) is 2.89. The first-order chi connectivity index (χ1) is 17.8. The minimum absolute atomic E-state index is 0. The van der Waals surface area contributed by atoms with Crippen LogP contribution in [0.4, 0.5) is 0 Å². The first-order valence-electron chi connectivity index (χ1n) is 12.2. The van der Waals surface area contributed by atoms with Gasteiger partial charge in [0, 0.05) is 67.2 Å². The number of carbonyl (C=O) groups excluding carboxylic acids is 1. The van der Waals surface area contributed by atoms with Gasteiger partial charge in [-0.1, -0.05) is 30.5 Å². The zero-order chi connectivity index (χ0) is 28.0. The standard InChI is InChI=1S/C22H38N6O7.I2.HI/c1-12-17(25-27-23)15(4)34-22(19(12)31-6)35-20-13(2)18(26-28-24)14(3)33-21(20)32-11-9-7-8-10-16(29)30-5;1-2;/h12-15,17-22H,7-11H2,1-6H3;;1H/t12-,13-,14?,15?,17-,18-,19?,20?,21-,22+;;/m0../s1. The van der Waals surface area contributed by atoms with E-state index in [9.17, 15) is 4.79 Å². The average molecular weight is 880 g/mol. The lowest BCUT2D eigenvalue weighted by atomic mass is 9.87. The fraction of sp³-hybridized carbons (Fsp3) is 0.955. The van der Waals surface area contributed by atoms with Crippen LogP contribution in [0.3, 0.4) is 0 Å². The number of nitrogens with zero attached hydrogens (tertiary/aromatic N) is 6. The fourth-order valence-electron chi connectivity index (χ4n) is 4.76. The van der Waals surface area contributed by atoms with Gasteiger partial charge in [0.05, 0.1) is 31.4 Å². The van der Waals surface area contributed by atoms with Crippen LogP contribution >= 0.6 is 61.2 Å². The molecule has 0 saturated carbocycles. The normalized spacial score (nSPS) is 34.3. The molecule has 2 aliphatic heterocycles. The van der Waals surface area contributed by atoms with Gasteiger partial charge in [-0.2, -0.15) is 0 Å². The molecule has 0 aromatic rings. The predicted molar refractivity (Wildman–Crippen MR) is 168 cm³/mol. The van der Waals surface area contributed by atoms with E-state index in [-0.39, 0.29) is 47.9 Å². The van der Waals surface area contributed by atoms with Crippen molar-refractivity contribution in [2.75, 3.05) is 20.8 Å². The molecule has 38 heavy (non-hydrogen) atoms. The summed E-state index contributed by atoms with van der Waals surface area (Å²) in [7, 11) is 2.93. The first kappa shape index (κ1) is 38.1. The van der Waals surface area contributed by atoms with Crippen LogP contribution in [0.1, 0.15) is 53.4 Å². The minimum atomic E-state index is -0.766. The number of unbranched alkanes of at least 4 members (excludes halogenated alkanes) is 2. The maximum absolute atomic E-state index is 11.3. The van der Waals surface area contributed by atoms with Gasteiger partial charge in [-0.15, -0.1) is 24.0 Å². The van der Waals surface area contributed by atoms with E-state index in [1.807, 2.05) is 27.7 Å². The van der Waals surface area contributed by atoms with E-state index < -0.39 is 43.0 Å². The summed E-state index contributed by atoms with van der Waals surface area (Å²) in [6, 6.07) is -0.863. The molecule has 0 amide bonds. The second kappa shape index (κ2) is 20.9. The molecule has 13 nitrogen and oxygen atoms in total. The number of methoxy groups -OCH3 is 2. The van der Waals surface area contributed by atoms with Crippen LogP contribution in [0, 0.1) is 11.8 Å². The Balaban J connectivity index is 0.00000445. The maximum Gasteiger partial charge on any atom is 0.305 e. The van der Waals surface area contributed by atoms with Crippen LogP contribution in [0.15, 0.2) is 10.2 Å². The Bertz CT molecular complexity index is 791. The zero-order valence-corrected chi connectivity index (χ0v) is 29.2. The monoisotopic (exact) mass is 880 g/mol. The van der Waals surface area contributed by atoms with Gasteiger partial charge >= 0.3 is 5.97 Å². The van der Waals surface area contributed by atoms with Crippen LogP contribution in [0.5, 0.6) is 0 Å². The molecule has 2 rings (SSSR count). The topological polar surface area (TPSA) is 170 Å². The molecule has 0 aromatic heterocycles. The van der Waals surface area contributed by atoms with Crippen LogP contribution in [0.25, 0.3) is 20.9 Å². The van der Waals surface area contributed by atoms with E-state index in [0.717, 1.165) is 12.8 Å². The maximum atomic E-state index is 11.3. The van der Waals surface area contributed by atoms with Gasteiger partial charge in [-0.05, 0) is 49.6 Å². The highest BCUT2D eigenvalue weighted by Gasteiger charge is 2.48. The Hall–Kier alpha value is 0.0800. The number of halogens is 3. The molecule has 0 bridgehead atoms. The molecule has 2 saturated heterocycles. The quantitative estimate of drug-likeness (QED) is 0.0528. The van der Waals surface area contributed by atoms with Gasteiger partial charge in [0.2, 0.25) is 0 Å². The molecular formula is C22H39I3N6O7. The second-order valence-electron chi connectivity index (χ2n) is 9.09. The van der Waals surface area contributed by atoms with Gasteiger partial charge < -0.3 is 28.4 Å². The molecule has 0 N–H and O–H groups in total. The summed E-state index contributed by atoms with van der Waals surface area (Å²) in [5.74, 6) is -0.626. The van der Waals surface area contributed by atoms with Crippen LogP contribution in [-0.2, 0) is 33.2 Å². The lowest BCUT2D eigenvalue weighted by Crippen LogP contribution is -2.59. The molecule has 10 atom stereocenters. The van der Waals surface area contributed by atoms with Crippen molar-refractivity contribution in [3.05, 3.63) is 20.9 Å². The van der Waals surface area contributed by atoms with Gasteiger partial charge in [0.15, 0.2) is 12.6 Å². The van der Waals surface area contributed by atoms with Crippen molar-refractivity contribution in [2.45, 2.75) is 102 Å². The molecule has 0 aromatic carbocycles. The lowest BCUT2D eigenvalue weighted by molar-refractivity contribution is -0.335. The third kappa shape index (κ3) is 11.2. The third-order valence-electron chi connectivity index (χ3n) is 6.78. The Labute approximate surface area is 264 Å². The molecule has 0 aliphatic carbocycles. The summed E-state index contributed by atoms with van der Waals surface area (Å²) in [6.07, 6.45) is -0.734. The van der Waals surface area contributed by atoms with E-state index in [0.29, 0.717) is 19.4 Å². The molecule has 2 heterocycles. The van der Waals surface area contributed by atoms with Gasteiger partial charge in [0.1, 0.15) is 12.2 Å². The van der Waals surface area contributed by atoms with E-state index >= 15 is 0 Å². The molecule has 0 radical (unpaired) electrons. The highest BCUT2D eigenvalue weighted by atomic mass is 128. The summed E-state index contributed by atoms with van der Waals surface area (Å²) in [5, 5.41) is 7.79. The van der Waals surface area contributed by atoms with Crippen molar-refractivity contribution in [1.29, 1.82) is 0 Å². The van der Waals surface area contributed by atoms with Gasteiger partial charge in [-0.3, -0.25) is 4.79 Å². The largest absolute Gasteiger partial charge is 0.469 e. The van der Waals surface area contributed by atoms with Crippen LogP contribution in [0.2, 0.25) is 0 Å². The number of hydrogen-bond donors (Lipinski definition) is 0. The summed E-state index contributed by atoms with van der Waals surface area (Å²) in [6.45, 7) is 7.92. The minimum Gasteiger partial charge on any atom is -0.469 e. The SMILES string of the molecule is COC(=O)CCCCCO[C@H]1OC(C)[C@@H](N=[N+]=[N-])[C@H](C)C1O[C@H]1OC(C)[C@@H](N=[N+]=[N-])[C@H](C)C1OC.I.II. The highest BCUT2D eigenvalue weighted by molar-refractivity contribution is 15.0. The third-order valence-corrected chi connectivity index (χ3v) is 6.78. The van der Waals surface area contributed by atoms with E-state index in [2.05, 4.69) is 62.0 Å². The lowest BCUT2D eigenvalue weighted by Gasteiger charge is -2.47. The van der Waals surface area contributed by atoms with E-state index in [4.69, 9.17) is 34.7 Å². The van der Waals surface area contributed by atoms with Crippen molar-refractivity contribution < 1.29 is 33.2 Å². The van der Waals surface area contributed by atoms with Crippen molar-refractivity contribution in [1.82, 2.24) is 0 Å². The Morgan fingerprint density at radius 1 is 0.868 bits per heavy atom. The number of carbonyl (C=O) groups is 1. The van der Waals surface area contributed by atoms with Crippen molar-refractivity contribution in [2.24, 2.45) is 22.1 Å². The first-order valence-corrected chi connectivity index (χ1v) is 18.5. The second-order valence-corrected chi connectivity index (χ2v) is 9.09. The van der Waals surface area contributed by atoms with Crippen molar-refractivity contribution in [3.8, 4) is 0 Å². The number of ether oxygens (including phenoxy) is 6. The highest BCUT2D eigenvalue weighted by Crippen LogP contribution is 2.36. The smallest absolute Gasteiger partial charge is 0.305 e. The zero-order valence-electron chi connectivity index (χ0n) is 22.5. The number of rotatable bonds is 12. The molecule has 220 valence electrons. The van der Waals surface area contributed by atoms with Crippen LogP contribution in [-0.4, -0.2) is 75.9 Å². The summed E-state index contributed by atoms with van der Waals surface area (Å²) >= 11 is 4.24. The Morgan fingerprint density at radius 3 is 1.89 bits per heavy atom. The predicted octanol–water partition coefficient (Wildman–Crippen LogP) is 6.65. The fourth-order valence-corrected chi connectivity index (χ4v) is 4.76. The summed E-state index contributed by atoms with van der Waals surface area (Å²) in [5.41, 5.74) is 18.0. The van der Waals surface area contributed by atoms with Crippen molar-refractivity contribution in [3.63, 3.8) is 0 Å². The molecule has 4 unspecified atom stereocenters. The Morgan fingerprint density at radius 2 is 1.39 bits per heavy atom. The number of esters is 1. The van der Waals surface area contributed by atoms with E-state index in [1.54, 1.807) is 7.11 Å².